The molecule has 180 valence electrons. The molecule has 34 heavy (non-hydrogen) atoms. The van der Waals surface area contributed by atoms with Gasteiger partial charge in [-0.15, -0.1) is 0 Å². The van der Waals surface area contributed by atoms with Crippen molar-refractivity contribution in [1.82, 2.24) is 9.55 Å². The Morgan fingerprint density at radius 3 is 2.47 bits per heavy atom. The Kier molecular flexibility index (Phi) is 6.49. The van der Waals surface area contributed by atoms with Crippen LogP contribution in [0.1, 0.15) is 55.8 Å². The number of nitrogens with zero attached hydrogens (tertiary/aromatic N) is 2. The summed E-state index contributed by atoms with van der Waals surface area (Å²) in [7, 11) is 0. The van der Waals surface area contributed by atoms with Crippen LogP contribution in [-0.4, -0.2) is 32.8 Å². The van der Waals surface area contributed by atoms with Crippen molar-refractivity contribution in [1.29, 1.82) is 0 Å². The number of aliphatic carboxylic acids is 1. The fraction of sp³-hybridized carbons (Fsp3) is 0.407. The highest BCUT2D eigenvalue weighted by molar-refractivity contribution is 6.30. The van der Waals surface area contributed by atoms with E-state index < -0.39 is 17.7 Å². The third kappa shape index (κ3) is 4.57. The van der Waals surface area contributed by atoms with Crippen molar-refractivity contribution < 1.29 is 19.4 Å². The van der Waals surface area contributed by atoms with Crippen molar-refractivity contribution in [3.05, 3.63) is 63.6 Å². The summed E-state index contributed by atoms with van der Waals surface area (Å²) in [5.41, 5.74) is 5.12. The number of carbonyl (C=O) groups is 1. The molecule has 1 aliphatic heterocycles. The number of carboxylic acid groups (broad SMARTS) is 1. The lowest BCUT2D eigenvalue weighted by molar-refractivity contribution is -0.160. The molecular weight excluding hydrogens is 452 g/mol. The highest BCUT2D eigenvalue weighted by atomic mass is 35.5. The normalized spacial score (nSPS) is 14.9. The molecule has 1 N–H and O–H groups in total. The van der Waals surface area contributed by atoms with Crippen LogP contribution in [0.4, 0.5) is 0 Å². The summed E-state index contributed by atoms with van der Waals surface area (Å²) in [6.45, 7) is 12.8. The Morgan fingerprint density at radius 1 is 1.24 bits per heavy atom. The second-order valence-electron chi connectivity index (χ2n) is 9.74. The SMILES string of the molecule is Cc1nc2c(c(C)c(C)n2CC2=CCCO2)c(-c2ccc(Cl)cc2)c1[C@H](OC(C)(C)C)C(=O)O. The van der Waals surface area contributed by atoms with Crippen molar-refractivity contribution >= 4 is 28.6 Å². The van der Waals surface area contributed by atoms with E-state index in [9.17, 15) is 9.90 Å². The molecule has 4 rings (SSSR count). The number of aryl methyl sites for hydroxylation is 2. The number of hydrogen-bond acceptors (Lipinski definition) is 4. The first kappa shape index (κ1) is 24.3. The number of allylic oxidation sites excluding steroid dienone is 1. The van der Waals surface area contributed by atoms with E-state index in [-0.39, 0.29) is 0 Å². The van der Waals surface area contributed by atoms with Crippen LogP contribution < -0.4 is 0 Å². The first-order valence-corrected chi connectivity index (χ1v) is 11.8. The number of carboxylic acids is 1. The number of benzene rings is 1. The second kappa shape index (κ2) is 9.08. The van der Waals surface area contributed by atoms with Gasteiger partial charge in [0.2, 0.25) is 0 Å². The number of ether oxygens (including phenoxy) is 2. The van der Waals surface area contributed by atoms with E-state index in [2.05, 4.69) is 24.5 Å². The number of halogens is 1. The van der Waals surface area contributed by atoms with Gasteiger partial charge in [-0.25, -0.2) is 9.78 Å². The number of rotatable bonds is 6. The zero-order valence-electron chi connectivity index (χ0n) is 20.5. The maximum atomic E-state index is 12.5. The summed E-state index contributed by atoms with van der Waals surface area (Å²) in [6, 6.07) is 7.48. The predicted octanol–water partition coefficient (Wildman–Crippen LogP) is 6.53. The fourth-order valence-corrected chi connectivity index (χ4v) is 4.67. The molecule has 0 radical (unpaired) electrons. The molecule has 2 aromatic heterocycles. The number of aromatic nitrogens is 2. The quantitative estimate of drug-likeness (QED) is 0.432. The molecule has 7 heteroatoms. The topological polar surface area (TPSA) is 73.6 Å². The first-order chi connectivity index (χ1) is 16.0. The Hall–Kier alpha value is -2.83. The van der Waals surface area contributed by atoms with Crippen molar-refractivity contribution in [2.45, 2.75) is 66.2 Å². The summed E-state index contributed by atoms with van der Waals surface area (Å²) < 4.78 is 14.0. The molecule has 1 aliphatic rings. The molecular formula is C27H31ClN2O4. The minimum Gasteiger partial charge on any atom is -0.496 e. The van der Waals surface area contributed by atoms with Gasteiger partial charge >= 0.3 is 5.97 Å². The lowest BCUT2D eigenvalue weighted by Crippen LogP contribution is -2.28. The molecule has 0 saturated heterocycles. The maximum Gasteiger partial charge on any atom is 0.337 e. The van der Waals surface area contributed by atoms with Crippen LogP contribution in [0.2, 0.25) is 5.02 Å². The molecule has 0 aliphatic carbocycles. The van der Waals surface area contributed by atoms with Gasteiger partial charge in [-0.2, -0.15) is 0 Å². The zero-order chi connectivity index (χ0) is 24.8. The number of fused-ring (bicyclic) bond motifs is 1. The van der Waals surface area contributed by atoms with Gasteiger partial charge in [0.1, 0.15) is 11.4 Å². The van der Waals surface area contributed by atoms with E-state index >= 15 is 0 Å². The van der Waals surface area contributed by atoms with Gasteiger partial charge in [0.05, 0.1) is 18.8 Å². The molecule has 1 aromatic carbocycles. The number of pyridine rings is 1. The van der Waals surface area contributed by atoms with Crippen molar-refractivity contribution in [3.63, 3.8) is 0 Å². The Bertz CT molecular complexity index is 1280. The predicted molar refractivity (Wildman–Crippen MR) is 134 cm³/mol. The van der Waals surface area contributed by atoms with Crippen molar-refractivity contribution in [3.8, 4) is 11.1 Å². The van der Waals surface area contributed by atoms with Crippen LogP contribution in [0, 0.1) is 20.8 Å². The van der Waals surface area contributed by atoms with Gasteiger partial charge in [-0.3, -0.25) is 0 Å². The van der Waals surface area contributed by atoms with Gasteiger partial charge in [-0.05, 0) is 70.9 Å². The molecule has 0 amide bonds. The molecule has 6 nitrogen and oxygen atoms in total. The smallest absolute Gasteiger partial charge is 0.337 e. The largest absolute Gasteiger partial charge is 0.496 e. The van der Waals surface area contributed by atoms with Crippen LogP contribution in [0.5, 0.6) is 0 Å². The van der Waals surface area contributed by atoms with E-state index in [0.717, 1.165) is 45.6 Å². The molecule has 0 saturated carbocycles. The van der Waals surface area contributed by atoms with Crippen LogP contribution in [-0.2, 0) is 20.8 Å². The lowest BCUT2D eigenvalue weighted by Gasteiger charge is -2.28. The Morgan fingerprint density at radius 2 is 1.91 bits per heavy atom. The van der Waals surface area contributed by atoms with E-state index in [1.165, 1.54) is 0 Å². The van der Waals surface area contributed by atoms with E-state index in [0.29, 0.717) is 29.4 Å². The number of hydrogen-bond donors (Lipinski definition) is 1. The summed E-state index contributed by atoms with van der Waals surface area (Å²) in [4.78, 5) is 17.4. The Labute approximate surface area is 205 Å². The zero-order valence-corrected chi connectivity index (χ0v) is 21.3. The summed E-state index contributed by atoms with van der Waals surface area (Å²) >= 11 is 6.19. The molecule has 0 unspecified atom stereocenters. The van der Waals surface area contributed by atoms with E-state index in [1.807, 2.05) is 52.0 Å². The minimum atomic E-state index is -1.17. The van der Waals surface area contributed by atoms with E-state index in [4.69, 9.17) is 26.1 Å². The molecule has 1 atom stereocenters. The molecule has 0 fully saturated rings. The molecule has 0 spiro atoms. The monoisotopic (exact) mass is 482 g/mol. The van der Waals surface area contributed by atoms with Gasteiger partial charge < -0.3 is 19.1 Å². The average Bonchev–Trinajstić information content (AvgIpc) is 3.34. The standard InChI is InChI=1S/C27H31ClN2O4/c1-15-17(3)30(14-20-8-7-13-33-20)25-21(15)23(18-9-11-19(28)12-10-18)22(16(2)29-25)24(26(31)32)34-27(4,5)6/h8-12,24H,7,13-14H2,1-6H3,(H,31,32)/t24-/m0/s1. The molecule has 3 heterocycles. The van der Waals surface area contributed by atoms with Gasteiger partial charge in [0.25, 0.3) is 0 Å². The van der Waals surface area contributed by atoms with Crippen LogP contribution >= 0.6 is 11.6 Å². The highest BCUT2D eigenvalue weighted by Gasteiger charge is 2.33. The summed E-state index contributed by atoms with van der Waals surface area (Å²) in [5, 5.41) is 11.8. The fourth-order valence-electron chi connectivity index (χ4n) is 4.55. The van der Waals surface area contributed by atoms with Crippen LogP contribution in [0.15, 0.2) is 36.1 Å². The van der Waals surface area contributed by atoms with E-state index in [1.54, 1.807) is 0 Å². The highest BCUT2D eigenvalue weighted by Crippen LogP contribution is 2.42. The van der Waals surface area contributed by atoms with Gasteiger partial charge in [0.15, 0.2) is 6.10 Å². The van der Waals surface area contributed by atoms with Crippen LogP contribution in [0.25, 0.3) is 22.2 Å². The first-order valence-electron chi connectivity index (χ1n) is 11.5. The Balaban J connectivity index is 2.06. The minimum absolute atomic E-state index is 0.564. The van der Waals surface area contributed by atoms with Crippen molar-refractivity contribution in [2.75, 3.05) is 6.61 Å². The molecule has 0 bridgehead atoms. The van der Waals surface area contributed by atoms with Crippen molar-refractivity contribution in [2.24, 2.45) is 0 Å². The third-order valence-electron chi connectivity index (χ3n) is 6.17. The maximum absolute atomic E-state index is 12.5. The average molecular weight is 483 g/mol. The second-order valence-corrected chi connectivity index (χ2v) is 10.2. The van der Waals surface area contributed by atoms with Crippen LogP contribution in [0.3, 0.4) is 0 Å². The van der Waals surface area contributed by atoms with Gasteiger partial charge in [0, 0.05) is 39.3 Å². The third-order valence-corrected chi connectivity index (χ3v) is 6.42. The van der Waals surface area contributed by atoms with Gasteiger partial charge in [-0.1, -0.05) is 23.7 Å². The molecule has 3 aromatic rings. The summed E-state index contributed by atoms with van der Waals surface area (Å²) in [6.07, 6.45) is 1.84. The lowest BCUT2D eigenvalue weighted by atomic mass is 9.91. The summed E-state index contributed by atoms with van der Waals surface area (Å²) in [5.74, 6) is -0.122.